The largest absolute Gasteiger partial charge is 0.355 e. The van der Waals surface area contributed by atoms with Crippen molar-refractivity contribution in [2.75, 3.05) is 6.54 Å². The van der Waals surface area contributed by atoms with Crippen LogP contribution in [0.25, 0.3) is 0 Å². The fraction of sp³-hybridized carbons (Fsp3) is 0.400. The number of nitrogens with zero attached hydrogens (tertiary/aromatic N) is 1. The minimum atomic E-state index is 0.0805. The lowest BCUT2D eigenvalue weighted by atomic mass is 9.85. The van der Waals surface area contributed by atoms with Crippen LogP contribution in [0, 0.1) is 5.92 Å². The molecule has 1 aliphatic carbocycles. The van der Waals surface area contributed by atoms with Crippen LogP contribution >= 0.6 is 0 Å². The minimum Gasteiger partial charge on any atom is -0.355 e. The molecule has 1 saturated carbocycles. The first-order chi connectivity index (χ1) is 11.3. The molecule has 1 heterocycles. The second-order valence-electron chi connectivity index (χ2n) is 6.40. The van der Waals surface area contributed by atoms with Crippen molar-refractivity contribution >= 4 is 5.91 Å². The molecule has 120 valence electrons. The zero-order valence-electron chi connectivity index (χ0n) is 13.4. The molecule has 1 amide bonds. The molecule has 3 heteroatoms. The standard InChI is InChI=1S/C20H24N2O/c23-20(13-16-7-6-12-21-14-16)22-15-19(18-10-4-5-11-18)17-8-2-1-3-9-17/h1-3,6-9,12,14,18-19H,4-5,10-11,13,15H2,(H,22,23). The van der Waals surface area contributed by atoms with Crippen molar-refractivity contribution in [3.8, 4) is 0 Å². The maximum atomic E-state index is 12.2. The fourth-order valence-corrected chi connectivity index (χ4v) is 3.59. The highest BCUT2D eigenvalue weighted by Crippen LogP contribution is 2.36. The Morgan fingerprint density at radius 1 is 1.13 bits per heavy atom. The van der Waals surface area contributed by atoms with Crippen molar-refractivity contribution in [1.82, 2.24) is 10.3 Å². The second-order valence-corrected chi connectivity index (χ2v) is 6.40. The lowest BCUT2D eigenvalue weighted by Crippen LogP contribution is -2.32. The van der Waals surface area contributed by atoms with E-state index in [2.05, 4.69) is 40.6 Å². The molecule has 23 heavy (non-hydrogen) atoms. The van der Waals surface area contributed by atoms with Gasteiger partial charge in [0.2, 0.25) is 5.91 Å². The van der Waals surface area contributed by atoms with Gasteiger partial charge in [-0.25, -0.2) is 0 Å². The first kappa shape index (κ1) is 15.7. The van der Waals surface area contributed by atoms with Crippen LogP contribution in [0.1, 0.15) is 42.7 Å². The van der Waals surface area contributed by atoms with Crippen LogP contribution in [0.15, 0.2) is 54.9 Å². The smallest absolute Gasteiger partial charge is 0.224 e. The summed E-state index contributed by atoms with van der Waals surface area (Å²) in [4.78, 5) is 16.3. The molecule has 3 nitrogen and oxygen atoms in total. The summed E-state index contributed by atoms with van der Waals surface area (Å²) in [6.07, 6.45) is 9.07. The van der Waals surface area contributed by atoms with E-state index in [-0.39, 0.29) is 5.91 Å². The number of carbonyl (C=O) groups excluding carboxylic acids is 1. The molecule has 1 N–H and O–H groups in total. The summed E-state index contributed by atoms with van der Waals surface area (Å²) < 4.78 is 0. The number of benzene rings is 1. The van der Waals surface area contributed by atoms with Gasteiger partial charge < -0.3 is 5.32 Å². The van der Waals surface area contributed by atoms with Gasteiger partial charge in [-0.3, -0.25) is 9.78 Å². The van der Waals surface area contributed by atoms with E-state index in [0.717, 1.165) is 12.1 Å². The zero-order valence-corrected chi connectivity index (χ0v) is 13.4. The number of carbonyl (C=O) groups is 1. The molecular weight excluding hydrogens is 284 g/mol. The first-order valence-electron chi connectivity index (χ1n) is 8.53. The lowest BCUT2D eigenvalue weighted by molar-refractivity contribution is -0.120. The van der Waals surface area contributed by atoms with Gasteiger partial charge in [0.15, 0.2) is 0 Å². The third kappa shape index (κ3) is 4.41. The summed E-state index contributed by atoms with van der Waals surface area (Å²) in [7, 11) is 0. The molecular formula is C20H24N2O. The number of rotatable bonds is 6. The van der Waals surface area contributed by atoms with Gasteiger partial charge in [0.05, 0.1) is 6.42 Å². The van der Waals surface area contributed by atoms with Crippen LogP contribution in [0.5, 0.6) is 0 Å². The molecule has 1 fully saturated rings. The van der Waals surface area contributed by atoms with E-state index in [1.54, 1.807) is 12.4 Å². The summed E-state index contributed by atoms with van der Waals surface area (Å²) in [5, 5.41) is 3.14. The number of nitrogens with one attached hydrogen (secondary N) is 1. The molecule has 1 aromatic carbocycles. The summed E-state index contributed by atoms with van der Waals surface area (Å²) in [5.41, 5.74) is 2.31. The van der Waals surface area contributed by atoms with Crippen LogP contribution in [0.3, 0.4) is 0 Å². The van der Waals surface area contributed by atoms with E-state index in [0.29, 0.717) is 18.3 Å². The number of hydrogen-bond donors (Lipinski definition) is 1. The molecule has 0 saturated heterocycles. The fourth-order valence-electron chi connectivity index (χ4n) is 3.59. The minimum absolute atomic E-state index is 0.0805. The van der Waals surface area contributed by atoms with Gasteiger partial charge in [-0.05, 0) is 36.0 Å². The zero-order chi connectivity index (χ0) is 15.9. The normalized spacial score (nSPS) is 16.2. The van der Waals surface area contributed by atoms with Crippen molar-refractivity contribution in [2.45, 2.75) is 38.0 Å². The molecule has 1 atom stereocenters. The lowest BCUT2D eigenvalue weighted by Gasteiger charge is -2.24. The Morgan fingerprint density at radius 3 is 2.61 bits per heavy atom. The third-order valence-corrected chi connectivity index (χ3v) is 4.80. The second kappa shape index (κ2) is 7.91. The van der Waals surface area contributed by atoms with Crippen LogP contribution in [-0.4, -0.2) is 17.4 Å². The van der Waals surface area contributed by atoms with Crippen LogP contribution in [0.2, 0.25) is 0 Å². The Kier molecular flexibility index (Phi) is 5.41. The van der Waals surface area contributed by atoms with Crippen molar-refractivity contribution in [1.29, 1.82) is 0 Å². The van der Waals surface area contributed by atoms with E-state index in [9.17, 15) is 4.79 Å². The maximum absolute atomic E-state index is 12.2. The van der Waals surface area contributed by atoms with Gasteiger partial charge in [0.1, 0.15) is 0 Å². The van der Waals surface area contributed by atoms with E-state index >= 15 is 0 Å². The maximum Gasteiger partial charge on any atom is 0.224 e. The molecule has 0 spiro atoms. The van der Waals surface area contributed by atoms with Gasteiger partial charge in [0, 0.05) is 24.9 Å². The molecule has 0 radical (unpaired) electrons. The average molecular weight is 308 g/mol. The number of hydrogen-bond acceptors (Lipinski definition) is 2. The monoisotopic (exact) mass is 308 g/mol. The molecule has 1 unspecified atom stereocenters. The molecule has 3 rings (SSSR count). The Morgan fingerprint density at radius 2 is 1.91 bits per heavy atom. The quantitative estimate of drug-likeness (QED) is 0.884. The number of aromatic nitrogens is 1. The van der Waals surface area contributed by atoms with Crippen molar-refractivity contribution in [3.05, 3.63) is 66.0 Å². The topological polar surface area (TPSA) is 42.0 Å². The van der Waals surface area contributed by atoms with Crippen LogP contribution in [-0.2, 0) is 11.2 Å². The Balaban J connectivity index is 1.61. The van der Waals surface area contributed by atoms with Gasteiger partial charge in [0.25, 0.3) is 0 Å². The third-order valence-electron chi connectivity index (χ3n) is 4.80. The van der Waals surface area contributed by atoms with Crippen molar-refractivity contribution in [3.63, 3.8) is 0 Å². The molecule has 2 aromatic rings. The molecule has 0 bridgehead atoms. The predicted octanol–water partition coefficient (Wildman–Crippen LogP) is 3.71. The van der Waals surface area contributed by atoms with E-state index in [1.807, 2.05) is 12.1 Å². The number of amides is 1. The van der Waals surface area contributed by atoms with Crippen molar-refractivity contribution < 1.29 is 4.79 Å². The number of pyridine rings is 1. The predicted molar refractivity (Wildman–Crippen MR) is 92.1 cm³/mol. The molecule has 1 aromatic heterocycles. The summed E-state index contributed by atoms with van der Waals surface area (Å²) in [5.74, 6) is 1.20. The Labute approximate surface area is 138 Å². The highest BCUT2D eigenvalue weighted by molar-refractivity contribution is 5.78. The van der Waals surface area contributed by atoms with Crippen molar-refractivity contribution in [2.24, 2.45) is 5.92 Å². The summed E-state index contributed by atoms with van der Waals surface area (Å²) >= 11 is 0. The Hall–Kier alpha value is -2.16. The Bertz CT molecular complexity index is 606. The first-order valence-corrected chi connectivity index (χ1v) is 8.53. The van der Waals surface area contributed by atoms with Gasteiger partial charge in [-0.1, -0.05) is 49.2 Å². The SMILES string of the molecule is O=C(Cc1cccnc1)NCC(c1ccccc1)C1CCCC1. The van der Waals surface area contributed by atoms with Crippen LogP contribution < -0.4 is 5.32 Å². The molecule has 1 aliphatic rings. The van der Waals surface area contributed by atoms with E-state index < -0.39 is 0 Å². The van der Waals surface area contributed by atoms with Gasteiger partial charge >= 0.3 is 0 Å². The van der Waals surface area contributed by atoms with Gasteiger partial charge in [-0.2, -0.15) is 0 Å². The van der Waals surface area contributed by atoms with E-state index in [1.165, 1.54) is 31.2 Å². The highest BCUT2D eigenvalue weighted by atomic mass is 16.1. The average Bonchev–Trinajstić information content (AvgIpc) is 3.11. The van der Waals surface area contributed by atoms with E-state index in [4.69, 9.17) is 0 Å². The highest BCUT2D eigenvalue weighted by Gasteiger charge is 2.26. The summed E-state index contributed by atoms with van der Waals surface area (Å²) in [6.45, 7) is 0.730. The summed E-state index contributed by atoms with van der Waals surface area (Å²) in [6, 6.07) is 14.4. The van der Waals surface area contributed by atoms with Gasteiger partial charge in [-0.15, -0.1) is 0 Å². The van der Waals surface area contributed by atoms with Crippen LogP contribution in [0.4, 0.5) is 0 Å². The molecule has 0 aliphatic heterocycles.